The van der Waals surface area contributed by atoms with Crippen molar-refractivity contribution >= 4 is 23.4 Å². The van der Waals surface area contributed by atoms with E-state index in [0.29, 0.717) is 24.4 Å². The molecule has 2 amide bonds. The van der Waals surface area contributed by atoms with Crippen molar-refractivity contribution in [1.82, 2.24) is 15.1 Å². The van der Waals surface area contributed by atoms with Gasteiger partial charge in [-0.25, -0.2) is 0 Å². The molecule has 3 rings (SSSR count). The van der Waals surface area contributed by atoms with Crippen molar-refractivity contribution in [3.8, 4) is 0 Å². The number of hydrogen-bond donors (Lipinski definition) is 1. The zero-order valence-electron chi connectivity index (χ0n) is 14.7. The molecule has 1 aromatic carbocycles. The van der Waals surface area contributed by atoms with E-state index in [1.54, 1.807) is 0 Å². The molecule has 2 fully saturated rings. The van der Waals surface area contributed by atoms with Crippen molar-refractivity contribution in [2.75, 3.05) is 32.7 Å². The molecule has 2 atom stereocenters. The van der Waals surface area contributed by atoms with Crippen LogP contribution < -0.4 is 5.32 Å². The second-order valence-electron chi connectivity index (χ2n) is 6.72. The van der Waals surface area contributed by atoms with Gasteiger partial charge in [-0.3, -0.25) is 9.59 Å². The van der Waals surface area contributed by atoms with Crippen molar-refractivity contribution in [1.29, 1.82) is 0 Å². The molecule has 0 aromatic heterocycles. The zero-order chi connectivity index (χ0) is 17.8. The first-order valence-corrected chi connectivity index (χ1v) is 9.54. The maximum Gasteiger partial charge on any atom is 0.228 e. The van der Waals surface area contributed by atoms with Crippen LogP contribution in [0.3, 0.4) is 0 Å². The van der Waals surface area contributed by atoms with Crippen LogP contribution in [-0.2, 0) is 9.59 Å². The van der Waals surface area contributed by atoms with Crippen LogP contribution in [0, 0.1) is 5.92 Å². The van der Waals surface area contributed by atoms with Crippen LogP contribution in [0.15, 0.2) is 24.3 Å². The van der Waals surface area contributed by atoms with E-state index in [0.717, 1.165) is 38.2 Å². The number of benzene rings is 1. The summed E-state index contributed by atoms with van der Waals surface area (Å²) in [5, 5.41) is 3.96. The average molecular weight is 364 g/mol. The van der Waals surface area contributed by atoms with E-state index < -0.39 is 0 Å². The molecule has 0 bridgehead atoms. The third kappa shape index (κ3) is 3.82. The predicted octanol–water partition coefficient (Wildman–Crippen LogP) is 2.46. The second-order valence-corrected chi connectivity index (χ2v) is 7.13. The quantitative estimate of drug-likeness (QED) is 0.897. The molecule has 0 unspecified atom stereocenters. The summed E-state index contributed by atoms with van der Waals surface area (Å²) < 4.78 is 0. The Hall–Kier alpha value is -1.59. The lowest BCUT2D eigenvalue weighted by atomic mass is 9.83. The third-order valence-corrected chi connectivity index (χ3v) is 5.58. The van der Waals surface area contributed by atoms with Gasteiger partial charge >= 0.3 is 0 Å². The predicted molar refractivity (Wildman–Crippen MR) is 98.4 cm³/mol. The fourth-order valence-corrected chi connectivity index (χ4v) is 4.23. The number of amides is 2. The Morgan fingerprint density at radius 3 is 2.84 bits per heavy atom. The van der Waals surface area contributed by atoms with Crippen LogP contribution in [0.4, 0.5) is 0 Å². The first-order valence-electron chi connectivity index (χ1n) is 9.17. The minimum Gasteiger partial charge on any atom is -0.341 e. The minimum absolute atomic E-state index is 0.106. The van der Waals surface area contributed by atoms with E-state index in [2.05, 4.69) is 5.32 Å². The lowest BCUT2D eigenvalue weighted by Gasteiger charge is -2.42. The maximum atomic E-state index is 13.3. The lowest BCUT2D eigenvalue weighted by Crippen LogP contribution is -2.49. The number of halogens is 1. The van der Waals surface area contributed by atoms with Crippen molar-refractivity contribution in [2.24, 2.45) is 5.92 Å². The second kappa shape index (κ2) is 8.19. The standard InChI is InChI=1S/C19H26ClN3O2/c1-2-23-17(24)9-8-15(18(23)14-6-3-4-7-16(14)20)19(25)22-12-5-10-21-11-13-22/h3-4,6-7,15,18,21H,2,5,8-13H2,1H3/t15-,18+/m1/s1. The van der Waals surface area contributed by atoms with Crippen molar-refractivity contribution in [3.63, 3.8) is 0 Å². The SMILES string of the molecule is CCN1C(=O)CC[C@@H](C(=O)N2CCCNCC2)[C@@H]1c1ccccc1Cl. The highest BCUT2D eigenvalue weighted by Crippen LogP contribution is 2.40. The Kier molecular flexibility index (Phi) is 5.97. The number of carbonyl (C=O) groups excluding carboxylic acids is 2. The summed E-state index contributed by atoms with van der Waals surface area (Å²) in [6.07, 6.45) is 1.98. The fraction of sp³-hybridized carbons (Fsp3) is 0.579. The summed E-state index contributed by atoms with van der Waals surface area (Å²) in [5.41, 5.74) is 0.880. The van der Waals surface area contributed by atoms with Gasteiger partial charge in [-0.1, -0.05) is 29.8 Å². The Morgan fingerprint density at radius 1 is 1.28 bits per heavy atom. The highest BCUT2D eigenvalue weighted by atomic mass is 35.5. The van der Waals surface area contributed by atoms with E-state index in [9.17, 15) is 9.59 Å². The van der Waals surface area contributed by atoms with Crippen LogP contribution in [0.2, 0.25) is 5.02 Å². The summed E-state index contributed by atoms with van der Waals surface area (Å²) in [5.74, 6) is 0.0317. The Morgan fingerprint density at radius 2 is 2.08 bits per heavy atom. The van der Waals surface area contributed by atoms with Crippen molar-refractivity contribution in [3.05, 3.63) is 34.9 Å². The molecule has 2 saturated heterocycles. The lowest BCUT2D eigenvalue weighted by molar-refractivity contribution is -0.147. The normalized spacial score (nSPS) is 25.0. The first-order chi connectivity index (χ1) is 12.1. The molecule has 25 heavy (non-hydrogen) atoms. The highest BCUT2D eigenvalue weighted by molar-refractivity contribution is 6.31. The summed E-state index contributed by atoms with van der Waals surface area (Å²) in [7, 11) is 0. The van der Waals surface area contributed by atoms with E-state index in [1.807, 2.05) is 41.0 Å². The molecule has 1 aromatic rings. The molecule has 6 heteroatoms. The molecule has 2 aliphatic heterocycles. The largest absolute Gasteiger partial charge is 0.341 e. The smallest absolute Gasteiger partial charge is 0.228 e. The molecule has 0 aliphatic carbocycles. The van der Waals surface area contributed by atoms with Gasteiger partial charge in [0.1, 0.15) is 0 Å². The number of piperidine rings is 1. The number of hydrogen-bond acceptors (Lipinski definition) is 3. The molecule has 2 aliphatic rings. The third-order valence-electron chi connectivity index (χ3n) is 5.24. The Labute approximate surface area is 154 Å². The van der Waals surface area contributed by atoms with Gasteiger partial charge in [-0.05, 0) is 37.9 Å². The number of nitrogens with one attached hydrogen (secondary N) is 1. The molecule has 2 heterocycles. The van der Waals surface area contributed by atoms with Gasteiger partial charge in [-0.15, -0.1) is 0 Å². The van der Waals surface area contributed by atoms with Crippen LogP contribution in [0.25, 0.3) is 0 Å². The first kappa shape index (κ1) is 18.2. The van der Waals surface area contributed by atoms with Crippen LogP contribution >= 0.6 is 11.6 Å². The summed E-state index contributed by atoms with van der Waals surface area (Å²) in [4.78, 5) is 29.5. The number of carbonyl (C=O) groups is 2. The molecule has 0 spiro atoms. The molecular formula is C19H26ClN3O2. The van der Waals surface area contributed by atoms with Gasteiger partial charge < -0.3 is 15.1 Å². The van der Waals surface area contributed by atoms with Crippen LogP contribution in [0.1, 0.15) is 37.8 Å². The van der Waals surface area contributed by atoms with Gasteiger partial charge in [0.15, 0.2) is 0 Å². The molecule has 5 nitrogen and oxygen atoms in total. The van der Waals surface area contributed by atoms with Gasteiger partial charge in [0, 0.05) is 37.6 Å². The van der Waals surface area contributed by atoms with Gasteiger partial charge in [0.05, 0.1) is 12.0 Å². The topological polar surface area (TPSA) is 52.7 Å². The van der Waals surface area contributed by atoms with E-state index in [-0.39, 0.29) is 23.8 Å². The molecular weight excluding hydrogens is 338 g/mol. The summed E-state index contributed by atoms with van der Waals surface area (Å²) in [6.45, 7) is 5.82. The Balaban J connectivity index is 1.93. The van der Waals surface area contributed by atoms with Crippen molar-refractivity contribution < 1.29 is 9.59 Å². The Bertz CT molecular complexity index is 629. The molecule has 0 radical (unpaired) electrons. The van der Waals surface area contributed by atoms with Crippen molar-refractivity contribution in [2.45, 2.75) is 32.2 Å². The van der Waals surface area contributed by atoms with E-state index in [1.165, 1.54) is 0 Å². The van der Waals surface area contributed by atoms with E-state index in [4.69, 9.17) is 11.6 Å². The minimum atomic E-state index is -0.274. The number of likely N-dealkylation sites (tertiary alicyclic amines) is 1. The maximum absolute atomic E-state index is 13.3. The van der Waals surface area contributed by atoms with Crippen LogP contribution in [-0.4, -0.2) is 54.3 Å². The highest BCUT2D eigenvalue weighted by Gasteiger charge is 2.42. The molecule has 1 N–H and O–H groups in total. The van der Waals surface area contributed by atoms with Gasteiger partial charge in [0.2, 0.25) is 11.8 Å². The number of nitrogens with zero attached hydrogens (tertiary/aromatic N) is 2. The fourth-order valence-electron chi connectivity index (χ4n) is 3.98. The number of rotatable bonds is 3. The van der Waals surface area contributed by atoms with Crippen LogP contribution in [0.5, 0.6) is 0 Å². The van der Waals surface area contributed by atoms with E-state index >= 15 is 0 Å². The molecule has 0 saturated carbocycles. The average Bonchev–Trinajstić information content (AvgIpc) is 2.91. The van der Waals surface area contributed by atoms with Gasteiger partial charge in [-0.2, -0.15) is 0 Å². The summed E-state index contributed by atoms with van der Waals surface area (Å²) >= 11 is 6.44. The van der Waals surface area contributed by atoms with Gasteiger partial charge in [0.25, 0.3) is 0 Å². The summed E-state index contributed by atoms with van der Waals surface area (Å²) in [6, 6.07) is 7.30. The monoisotopic (exact) mass is 363 g/mol. The zero-order valence-corrected chi connectivity index (χ0v) is 15.5. The molecule has 136 valence electrons.